The second kappa shape index (κ2) is 17.3. The molecule has 21 heavy (non-hydrogen) atoms. The van der Waals surface area contributed by atoms with E-state index < -0.39 is 6.09 Å². The molecule has 2 unspecified atom stereocenters. The quantitative estimate of drug-likeness (QED) is 0.579. The Morgan fingerprint density at radius 3 is 1.52 bits per heavy atom. The number of carbonyl (C=O) groups excluding carboxylic acids is 1. The summed E-state index contributed by atoms with van der Waals surface area (Å²) in [7, 11) is 0. The van der Waals surface area contributed by atoms with Crippen LogP contribution in [-0.2, 0) is 0 Å². The van der Waals surface area contributed by atoms with Crippen molar-refractivity contribution in [3.05, 3.63) is 0 Å². The van der Waals surface area contributed by atoms with Gasteiger partial charge >= 0.3 is 0 Å². The summed E-state index contributed by atoms with van der Waals surface area (Å²) in [5, 5.41) is 11.3. The number of quaternary nitrogens is 1. The van der Waals surface area contributed by atoms with Crippen LogP contribution in [0, 0.1) is 11.8 Å². The molecule has 0 radical (unpaired) electrons. The molecule has 0 aliphatic heterocycles. The van der Waals surface area contributed by atoms with Crippen LogP contribution in [0.25, 0.3) is 0 Å². The normalized spacial score (nSPS) is 13.1. The van der Waals surface area contributed by atoms with Gasteiger partial charge < -0.3 is 21.0 Å². The summed E-state index contributed by atoms with van der Waals surface area (Å²) in [5.41, 5.74) is 3.92. The molecule has 0 aliphatic carbocycles. The largest absolute Gasteiger partial charge is 0.530 e. The lowest BCUT2D eigenvalue weighted by Gasteiger charge is -2.16. The van der Waals surface area contributed by atoms with E-state index in [1.54, 1.807) is 0 Å². The van der Waals surface area contributed by atoms with E-state index in [1.165, 1.54) is 64.5 Å². The van der Waals surface area contributed by atoms with Crippen LogP contribution in [0.1, 0.15) is 79.1 Å². The first kappa shape index (κ1) is 22.5. The van der Waals surface area contributed by atoms with Crippen molar-refractivity contribution in [1.82, 2.24) is 0 Å². The van der Waals surface area contributed by atoms with Crippen LogP contribution < -0.4 is 16.2 Å². The molecule has 0 heterocycles. The maximum absolute atomic E-state index is 8.67. The van der Waals surface area contributed by atoms with Gasteiger partial charge in [0.2, 0.25) is 0 Å². The predicted octanol–water partition coefficient (Wildman–Crippen LogP) is 2.27. The molecule has 0 aliphatic rings. The molecule has 0 saturated carbocycles. The van der Waals surface area contributed by atoms with Gasteiger partial charge in [-0.05, 0) is 25.7 Å². The van der Waals surface area contributed by atoms with E-state index in [0.717, 1.165) is 11.8 Å². The zero-order valence-electron chi connectivity index (χ0n) is 14.7. The summed E-state index contributed by atoms with van der Waals surface area (Å²) in [5.74, 6) is 1.91. The number of nitrogens with two attached hydrogens (primary N) is 2. The summed E-state index contributed by atoms with van der Waals surface area (Å²) in [6, 6.07) is 0. The molecule has 0 saturated heterocycles. The maximum atomic E-state index is 8.67. The molecule has 4 nitrogen and oxygen atoms in total. The lowest BCUT2D eigenvalue weighted by atomic mass is 9.97. The number of carbonyl (C=O) groups is 1. The Hall–Kier alpha value is -0.770. The monoisotopic (exact) mass is 302 g/mol. The third-order valence-corrected chi connectivity index (χ3v) is 4.09. The van der Waals surface area contributed by atoms with Gasteiger partial charge in [-0.25, -0.2) is 0 Å². The van der Waals surface area contributed by atoms with E-state index >= 15 is 0 Å². The van der Waals surface area contributed by atoms with E-state index in [2.05, 4.69) is 38.7 Å². The fraction of sp³-hybridized carbons (Fsp3) is 0.941. The first-order chi connectivity index (χ1) is 10.0. The molecule has 1 amide bonds. The van der Waals surface area contributed by atoms with Crippen LogP contribution in [-0.4, -0.2) is 19.2 Å². The lowest BCUT2D eigenvalue weighted by molar-refractivity contribution is -0.666. The second-order valence-corrected chi connectivity index (χ2v) is 5.91. The molecule has 0 aromatic carbocycles. The van der Waals surface area contributed by atoms with Crippen LogP contribution in [0.2, 0.25) is 0 Å². The molecule has 2 atom stereocenters. The van der Waals surface area contributed by atoms with Crippen LogP contribution in [0.3, 0.4) is 0 Å². The second-order valence-electron chi connectivity index (χ2n) is 5.91. The van der Waals surface area contributed by atoms with E-state index in [9.17, 15) is 0 Å². The van der Waals surface area contributed by atoms with Crippen LogP contribution in [0.15, 0.2) is 0 Å². The van der Waals surface area contributed by atoms with Gasteiger partial charge in [0.05, 0.1) is 13.1 Å². The van der Waals surface area contributed by atoms with Crippen LogP contribution >= 0.6 is 0 Å². The number of rotatable bonds is 12. The van der Waals surface area contributed by atoms with Gasteiger partial charge in [-0.1, -0.05) is 53.4 Å². The van der Waals surface area contributed by atoms with Crippen molar-refractivity contribution >= 4 is 6.09 Å². The number of carboxylic acid groups (broad SMARTS) is 1. The van der Waals surface area contributed by atoms with Gasteiger partial charge in [-0.2, -0.15) is 0 Å². The summed E-state index contributed by atoms with van der Waals surface area (Å²) in [6.45, 7) is 12.0. The first-order valence-corrected chi connectivity index (χ1v) is 8.79. The Bertz CT molecular complexity index is 203. The van der Waals surface area contributed by atoms with E-state index in [4.69, 9.17) is 9.90 Å². The zero-order valence-corrected chi connectivity index (χ0v) is 14.7. The smallest absolute Gasteiger partial charge is 0.131 e. The summed E-state index contributed by atoms with van der Waals surface area (Å²) in [4.78, 5) is 8.67. The molecular weight excluding hydrogens is 264 g/mol. The Kier molecular flexibility index (Phi) is 18.5. The number of hydrogen-bond donors (Lipinski definition) is 2. The minimum Gasteiger partial charge on any atom is -0.530 e. The third-order valence-electron chi connectivity index (χ3n) is 4.09. The van der Waals surface area contributed by atoms with Gasteiger partial charge in [0.15, 0.2) is 0 Å². The highest BCUT2D eigenvalue weighted by Crippen LogP contribution is 2.11. The highest BCUT2D eigenvalue weighted by Gasteiger charge is 2.11. The standard InChI is InChI=1S/C16H35N.CH3NO2/c1-5-9-11-15(7-3)13-17-14-16(8-4)12-10-6-2;2-1(3)4/h15-17H,5-14H2,1-4H3;2H2,(H,3,4). The summed E-state index contributed by atoms with van der Waals surface area (Å²) in [6.07, 6.45) is 9.56. The Morgan fingerprint density at radius 2 is 1.29 bits per heavy atom. The molecule has 0 bridgehead atoms. The van der Waals surface area contributed by atoms with Crippen molar-refractivity contribution in [2.75, 3.05) is 13.1 Å². The molecule has 0 fully saturated rings. The fourth-order valence-corrected chi connectivity index (χ4v) is 2.53. The minimum absolute atomic E-state index is 0.957. The Balaban J connectivity index is 0. The van der Waals surface area contributed by atoms with Crippen molar-refractivity contribution in [3.8, 4) is 0 Å². The minimum atomic E-state index is -1.58. The van der Waals surface area contributed by atoms with Crippen molar-refractivity contribution in [2.45, 2.75) is 79.1 Å². The van der Waals surface area contributed by atoms with Gasteiger partial charge in [0.1, 0.15) is 6.09 Å². The fourth-order valence-electron chi connectivity index (χ4n) is 2.53. The SMILES string of the molecule is CCCCC(CC)C[NH2+]CC(CC)CCCC.NC(=O)[O-]. The number of unbranched alkanes of at least 4 members (excludes halogenated alkanes) is 2. The number of primary amides is 1. The van der Waals surface area contributed by atoms with Crippen LogP contribution in [0.5, 0.6) is 0 Å². The molecule has 0 spiro atoms. The average molecular weight is 303 g/mol. The maximum Gasteiger partial charge on any atom is 0.131 e. The molecule has 0 aromatic rings. The highest BCUT2D eigenvalue weighted by atomic mass is 16.4. The molecule has 128 valence electrons. The lowest BCUT2D eigenvalue weighted by Crippen LogP contribution is -2.86. The van der Waals surface area contributed by atoms with Gasteiger partial charge in [-0.15, -0.1) is 0 Å². The zero-order chi connectivity index (χ0) is 16.5. The van der Waals surface area contributed by atoms with E-state index in [1.807, 2.05) is 0 Å². The summed E-state index contributed by atoms with van der Waals surface area (Å²) >= 11 is 0. The van der Waals surface area contributed by atoms with Crippen molar-refractivity contribution in [1.29, 1.82) is 0 Å². The van der Waals surface area contributed by atoms with Crippen molar-refractivity contribution < 1.29 is 15.2 Å². The predicted molar refractivity (Wildman–Crippen MR) is 87.9 cm³/mol. The molecule has 4 heteroatoms. The van der Waals surface area contributed by atoms with Gasteiger partial charge in [0.25, 0.3) is 0 Å². The van der Waals surface area contributed by atoms with Crippen molar-refractivity contribution in [2.24, 2.45) is 17.6 Å². The van der Waals surface area contributed by atoms with Gasteiger partial charge in [-0.3, -0.25) is 0 Å². The molecular formula is C17H38N2O2. The third kappa shape index (κ3) is 19.2. The number of amides is 1. The van der Waals surface area contributed by atoms with E-state index in [0.29, 0.717) is 0 Å². The first-order valence-electron chi connectivity index (χ1n) is 8.79. The molecule has 0 aromatic heterocycles. The van der Waals surface area contributed by atoms with Crippen molar-refractivity contribution in [3.63, 3.8) is 0 Å². The topological polar surface area (TPSA) is 82.8 Å². The number of hydrogen-bond acceptors (Lipinski definition) is 2. The van der Waals surface area contributed by atoms with Crippen LogP contribution in [0.4, 0.5) is 4.79 Å². The van der Waals surface area contributed by atoms with Gasteiger partial charge in [0, 0.05) is 11.8 Å². The van der Waals surface area contributed by atoms with E-state index in [-0.39, 0.29) is 0 Å². The Labute approximate surface area is 131 Å². The Morgan fingerprint density at radius 1 is 0.952 bits per heavy atom. The average Bonchev–Trinajstić information content (AvgIpc) is 2.45. The highest BCUT2D eigenvalue weighted by molar-refractivity contribution is 5.58. The molecule has 0 rings (SSSR count). The summed E-state index contributed by atoms with van der Waals surface area (Å²) < 4.78 is 0. The molecule has 4 N–H and O–H groups in total.